The third-order valence-electron chi connectivity index (χ3n) is 6.22. The molecule has 0 saturated carbocycles. The Morgan fingerprint density at radius 2 is 1.94 bits per heavy atom. The van der Waals surface area contributed by atoms with Crippen molar-refractivity contribution in [2.24, 2.45) is 5.73 Å². The van der Waals surface area contributed by atoms with E-state index in [0.29, 0.717) is 35.3 Å². The van der Waals surface area contributed by atoms with Gasteiger partial charge < -0.3 is 10.5 Å². The molecule has 1 unspecified atom stereocenters. The average Bonchev–Trinajstić information content (AvgIpc) is 3.36. The molecule has 5 rings (SSSR count). The number of nitrogens with two attached hydrogens (primary N) is 1. The fraction of sp³-hybridized carbons (Fsp3) is 0.375. The van der Waals surface area contributed by atoms with Crippen molar-refractivity contribution in [1.82, 2.24) is 24.5 Å². The van der Waals surface area contributed by atoms with Gasteiger partial charge in [-0.05, 0) is 44.0 Å². The maximum absolute atomic E-state index is 14.2. The standard InChI is InChI=1S/C24H24F4N6O.ClH/c1-3-35-19-11-18-14(10-16(19)25)4-6-17(30-18)22-32-31-20-7-5-15(12-34(20)22)21(24(26,27)28)33-9-8-23(2,29)13-33;/h4-7,10-12,21H,3,8-9,13,29H2,1-2H3;1H/t21-,23?;/m0./s1. The number of likely N-dealkylation sites (tertiary alicyclic amines) is 1. The van der Waals surface area contributed by atoms with Gasteiger partial charge in [-0.15, -0.1) is 22.6 Å². The molecule has 0 amide bonds. The van der Waals surface area contributed by atoms with Crippen molar-refractivity contribution >= 4 is 29.0 Å². The number of ether oxygens (including phenoxy) is 1. The summed E-state index contributed by atoms with van der Waals surface area (Å²) in [6.07, 6.45) is -2.62. The first kappa shape index (κ1) is 26.1. The van der Waals surface area contributed by atoms with Crippen LogP contribution in [-0.4, -0.2) is 55.9 Å². The number of pyridine rings is 2. The number of hydrogen-bond donors (Lipinski definition) is 1. The Kier molecular flexibility index (Phi) is 6.84. The molecule has 0 radical (unpaired) electrons. The molecule has 7 nitrogen and oxygen atoms in total. The minimum absolute atomic E-state index is 0. The molecule has 36 heavy (non-hydrogen) atoms. The number of rotatable bonds is 5. The largest absolute Gasteiger partial charge is 0.491 e. The Morgan fingerprint density at radius 3 is 2.61 bits per heavy atom. The van der Waals surface area contributed by atoms with Crippen LogP contribution in [0.1, 0.15) is 31.9 Å². The summed E-state index contributed by atoms with van der Waals surface area (Å²) in [6, 6.07) is 7.23. The summed E-state index contributed by atoms with van der Waals surface area (Å²) < 4.78 is 63.6. The Balaban J connectivity index is 0.00000304. The molecule has 4 heterocycles. The van der Waals surface area contributed by atoms with Crippen LogP contribution in [0.3, 0.4) is 0 Å². The first-order valence-electron chi connectivity index (χ1n) is 11.2. The molecule has 1 aliphatic rings. The van der Waals surface area contributed by atoms with Crippen LogP contribution in [0.5, 0.6) is 5.75 Å². The summed E-state index contributed by atoms with van der Waals surface area (Å²) in [5.41, 5.74) is 6.73. The van der Waals surface area contributed by atoms with Crippen LogP contribution in [0.2, 0.25) is 0 Å². The summed E-state index contributed by atoms with van der Waals surface area (Å²) in [7, 11) is 0. The van der Waals surface area contributed by atoms with Gasteiger partial charge >= 0.3 is 6.18 Å². The Bertz CT molecular complexity index is 1410. The number of halogens is 5. The minimum Gasteiger partial charge on any atom is -0.491 e. The van der Waals surface area contributed by atoms with E-state index in [9.17, 15) is 17.6 Å². The lowest BCUT2D eigenvalue weighted by atomic mass is 10.0. The predicted octanol–water partition coefficient (Wildman–Crippen LogP) is 4.93. The van der Waals surface area contributed by atoms with Crippen LogP contribution in [0.4, 0.5) is 17.6 Å². The molecular weight excluding hydrogens is 500 g/mol. The molecule has 4 aromatic rings. The van der Waals surface area contributed by atoms with E-state index in [1.54, 1.807) is 26.0 Å². The van der Waals surface area contributed by atoms with Gasteiger partial charge in [0.05, 0.1) is 12.1 Å². The van der Waals surface area contributed by atoms with E-state index in [1.165, 1.54) is 39.8 Å². The second kappa shape index (κ2) is 9.45. The van der Waals surface area contributed by atoms with Gasteiger partial charge in [0.1, 0.15) is 11.7 Å². The zero-order valence-electron chi connectivity index (χ0n) is 19.6. The van der Waals surface area contributed by atoms with Crippen LogP contribution in [-0.2, 0) is 0 Å². The maximum atomic E-state index is 14.2. The molecule has 0 bridgehead atoms. The summed E-state index contributed by atoms with van der Waals surface area (Å²) in [4.78, 5) is 5.92. The highest BCUT2D eigenvalue weighted by molar-refractivity contribution is 5.85. The number of alkyl halides is 3. The molecule has 2 atom stereocenters. The van der Waals surface area contributed by atoms with Crippen LogP contribution in [0.25, 0.3) is 28.1 Å². The Hall–Kier alpha value is -3.02. The number of aromatic nitrogens is 4. The first-order chi connectivity index (χ1) is 16.6. The quantitative estimate of drug-likeness (QED) is 0.373. The van der Waals surface area contributed by atoms with Crippen molar-refractivity contribution in [3.05, 3.63) is 54.0 Å². The lowest BCUT2D eigenvalue weighted by Gasteiger charge is -2.31. The zero-order chi connectivity index (χ0) is 25.0. The van der Waals surface area contributed by atoms with Crippen LogP contribution in [0, 0.1) is 5.82 Å². The van der Waals surface area contributed by atoms with Crippen molar-refractivity contribution in [2.75, 3.05) is 19.7 Å². The molecule has 2 N–H and O–H groups in total. The molecule has 3 aromatic heterocycles. The second-order valence-electron chi connectivity index (χ2n) is 9.14. The van der Waals surface area contributed by atoms with Crippen molar-refractivity contribution < 1.29 is 22.3 Å². The highest BCUT2D eigenvalue weighted by atomic mass is 35.5. The summed E-state index contributed by atoms with van der Waals surface area (Å²) in [6.45, 7) is 4.18. The van der Waals surface area contributed by atoms with Gasteiger partial charge in [0.25, 0.3) is 0 Å². The van der Waals surface area contributed by atoms with Crippen molar-refractivity contribution in [2.45, 2.75) is 38.0 Å². The van der Waals surface area contributed by atoms with Gasteiger partial charge in [-0.25, -0.2) is 9.37 Å². The predicted molar refractivity (Wildman–Crippen MR) is 130 cm³/mol. The smallest absolute Gasteiger partial charge is 0.408 e. The van der Waals surface area contributed by atoms with Crippen LogP contribution >= 0.6 is 12.4 Å². The molecule has 1 aliphatic heterocycles. The lowest BCUT2D eigenvalue weighted by Crippen LogP contribution is -2.43. The van der Waals surface area contributed by atoms with Crippen molar-refractivity contribution in [3.8, 4) is 17.3 Å². The highest BCUT2D eigenvalue weighted by Gasteiger charge is 2.48. The lowest BCUT2D eigenvalue weighted by molar-refractivity contribution is -0.184. The van der Waals surface area contributed by atoms with Gasteiger partial charge in [-0.2, -0.15) is 13.2 Å². The van der Waals surface area contributed by atoms with Crippen LogP contribution < -0.4 is 10.5 Å². The van der Waals surface area contributed by atoms with Crippen LogP contribution in [0.15, 0.2) is 42.6 Å². The van der Waals surface area contributed by atoms with E-state index in [0.717, 1.165) is 0 Å². The zero-order valence-corrected chi connectivity index (χ0v) is 20.4. The summed E-state index contributed by atoms with van der Waals surface area (Å²) in [5, 5.41) is 8.81. The summed E-state index contributed by atoms with van der Waals surface area (Å²) >= 11 is 0. The molecule has 12 heteroatoms. The van der Waals surface area contributed by atoms with Crippen molar-refractivity contribution in [3.63, 3.8) is 0 Å². The minimum atomic E-state index is -4.50. The van der Waals surface area contributed by atoms with E-state index in [2.05, 4.69) is 15.2 Å². The molecule has 1 aromatic carbocycles. The molecule has 1 saturated heterocycles. The Morgan fingerprint density at radius 1 is 1.17 bits per heavy atom. The number of hydrogen-bond acceptors (Lipinski definition) is 6. The highest BCUT2D eigenvalue weighted by Crippen LogP contribution is 2.41. The van der Waals surface area contributed by atoms with Gasteiger partial charge in [0.2, 0.25) is 0 Å². The summed E-state index contributed by atoms with van der Waals surface area (Å²) in [5.74, 6) is -0.152. The van der Waals surface area contributed by atoms with Gasteiger partial charge in [0, 0.05) is 36.3 Å². The average molecular weight is 525 g/mol. The fourth-order valence-electron chi connectivity index (χ4n) is 4.61. The van der Waals surface area contributed by atoms with Gasteiger partial charge in [-0.3, -0.25) is 9.30 Å². The third-order valence-corrected chi connectivity index (χ3v) is 6.22. The SMILES string of the molecule is CCOc1cc2nc(-c3nnc4ccc([C@H](N5CCC(C)(N)C5)C(F)(F)F)cn34)ccc2cc1F.Cl. The molecule has 192 valence electrons. The van der Waals surface area contributed by atoms with Crippen molar-refractivity contribution in [1.29, 1.82) is 0 Å². The number of fused-ring (bicyclic) bond motifs is 2. The van der Waals surface area contributed by atoms with E-state index in [-0.39, 0.29) is 42.6 Å². The maximum Gasteiger partial charge on any atom is 0.408 e. The molecule has 1 fully saturated rings. The van der Waals surface area contributed by atoms with E-state index >= 15 is 0 Å². The first-order valence-corrected chi connectivity index (χ1v) is 11.2. The number of nitrogens with zero attached hydrogens (tertiary/aromatic N) is 5. The van der Waals surface area contributed by atoms with E-state index < -0.39 is 23.6 Å². The monoisotopic (exact) mass is 524 g/mol. The second-order valence-corrected chi connectivity index (χ2v) is 9.14. The normalized spacial score (nSPS) is 19.5. The number of benzene rings is 1. The molecule has 0 spiro atoms. The van der Waals surface area contributed by atoms with E-state index in [1.807, 2.05) is 0 Å². The molecule has 0 aliphatic carbocycles. The topological polar surface area (TPSA) is 81.6 Å². The third kappa shape index (κ3) is 4.82. The van der Waals surface area contributed by atoms with E-state index in [4.69, 9.17) is 10.5 Å². The molecular formula is C24H25ClF4N6O. The fourth-order valence-corrected chi connectivity index (χ4v) is 4.61. The van der Waals surface area contributed by atoms with Gasteiger partial charge in [0.15, 0.2) is 23.0 Å². The Labute approximate surface area is 210 Å². The van der Waals surface area contributed by atoms with Gasteiger partial charge in [-0.1, -0.05) is 12.1 Å².